The predicted molar refractivity (Wildman–Crippen MR) is 70.4 cm³/mol. The van der Waals surface area contributed by atoms with E-state index >= 15 is 0 Å². The van der Waals surface area contributed by atoms with Crippen molar-refractivity contribution >= 4 is 5.91 Å². The Hall–Kier alpha value is -1.29. The Balaban J connectivity index is 2.02. The second-order valence-electron chi connectivity index (χ2n) is 4.85. The number of likely N-dealkylation sites (tertiary alicyclic amines) is 1. The molecular weight excluding hydrogens is 228 g/mol. The summed E-state index contributed by atoms with van der Waals surface area (Å²) in [6.07, 6.45) is 4.98. The fourth-order valence-corrected chi connectivity index (χ4v) is 2.58. The number of hydrogen-bond acceptors (Lipinski definition) is 3. The third kappa shape index (κ3) is 2.75. The van der Waals surface area contributed by atoms with E-state index in [2.05, 4.69) is 0 Å². The van der Waals surface area contributed by atoms with Gasteiger partial charge in [-0.3, -0.25) is 4.79 Å². The van der Waals surface area contributed by atoms with Crippen molar-refractivity contribution in [3.63, 3.8) is 0 Å². The van der Waals surface area contributed by atoms with Gasteiger partial charge in [-0.25, -0.2) is 0 Å². The monoisotopic (exact) mass is 250 g/mol. The van der Waals surface area contributed by atoms with Crippen LogP contribution in [-0.2, 0) is 6.42 Å². The topological polar surface area (TPSA) is 59.5 Å². The van der Waals surface area contributed by atoms with Crippen molar-refractivity contribution in [2.75, 3.05) is 13.1 Å². The van der Waals surface area contributed by atoms with Gasteiger partial charge in [0.05, 0.1) is 0 Å². The molecule has 18 heavy (non-hydrogen) atoms. The summed E-state index contributed by atoms with van der Waals surface area (Å²) in [6, 6.07) is 4.02. The van der Waals surface area contributed by atoms with Crippen molar-refractivity contribution in [2.45, 2.75) is 45.1 Å². The normalized spacial score (nSPS) is 19.4. The lowest BCUT2D eigenvalue weighted by Crippen LogP contribution is -2.35. The van der Waals surface area contributed by atoms with Gasteiger partial charge >= 0.3 is 0 Å². The van der Waals surface area contributed by atoms with Gasteiger partial charge in [0.1, 0.15) is 5.76 Å². The first-order chi connectivity index (χ1) is 8.76. The molecule has 1 aromatic heterocycles. The van der Waals surface area contributed by atoms with Crippen molar-refractivity contribution in [3.8, 4) is 0 Å². The van der Waals surface area contributed by atoms with Crippen LogP contribution in [0.4, 0.5) is 0 Å². The molecule has 100 valence electrons. The number of nitrogens with zero attached hydrogens (tertiary/aromatic N) is 1. The largest absolute Gasteiger partial charge is 0.456 e. The third-order valence-electron chi connectivity index (χ3n) is 3.60. The average Bonchev–Trinajstić information content (AvgIpc) is 3.04. The molecule has 0 saturated carbocycles. The van der Waals surface area contributed by atoms with Crippen molar-refractivity contribution in [2.24, 2.45) is 5.73 Å². The fourth-order valence-electron chi connectivity index (χ4n) is 2.58. The Morgan fingerprint density at radius 2 is 2.39 bits per heavy atom. The minimum absolute atomic E-state index is 0.0363. The van der Waals surface area contributed by atoms with Crippen molar-refractivity contribution < 1.29 is 9.21 Å². The predicted octanol–water partition coefficient (Wildman–Crippen LogP) is 2.19. The summed E-state index contributed by atoms with van der Waals surface area (Å²) in [6.45, 7) is 3.56. The van der Waals surface area contributed by atoms with Crippen molar-refractivity contribution in [1.82, 2.24) is 4.90 Å². The van der Waals surface area contributed by atoms with E-state index < -0.39 is 0 Å². The lowest BCUT2D eigenvalue weighted by atomic mass is 10.1. The molecule has 4 nitrogen and oxygen atoms in total. The number of nitrogens with two attached hydrogens (primary N) is 1. The Kier molecular flexibility index (Phi) is 4.42. The highest BCUT2D eigenvalue weighted by Crippen LogP contribution is 2.24. The third-order valence-corrected chi connectivity index (χ3v) is 3.60. The van der Waals surface area contributed by atoms with Gasteiger partial charge in [0.15, 0.2) is 5.76 Å². The summed E-state index contributed by atoms with van der Waals surface area (Å²) < 4.78 is 5.54. The molecule has 1 saturated heterocycles. The minimum atomic E-state index is 0.0363. The zero-order chi connectivity index (χ0) is 13.0. The highest BCUT2D eigenvalue weighted by Gasteiger charge is 2.30. The van der Waals surface area contributed by atoms with Crippen LogP contribution in [0.25, 0.3) is 0 Å². The quantitative estimate of drug-likeness (QED) is 0.871. The Labute approximate surface area is 108 Å². The number of hydrogen-bond donors (Lipinski definition) is 1. The van der Waals surface area contributed by atoms with E-state index in [-0.39, 0.29) is 5.91 Å². The highest BCUT2D eigenvalue weighted by molar-refractivity contribution is 5.92. The van der Waals surface area contributed by atoms with Crippen LogP contribution >= 0.6 is 0 Å². The van der Waals surface area contributed by atoms with Crippen LogP contribution in [0.5, 0.6) is 0 Å². The van der Waals surface area contributed by atoms with Gasteiger partial charge in [0.25, 0.3) is 5.91 Å². The molecule has 4 heteroatoms. The van der Waals surface area contributed by atoms with E-state index in [1.165, 1.54) is 0 Å². The number of aryl methyl sites for hydroxylation is 1. The van der Waals surface area contributed by atoms with E-state index in [9.17, 15) is 4.79 Å². The minimum Gasteiger partial charge on any atom is -0.456 e. The zero-order valence-corrected chi connectivity index (χ0v) is 11.0. The molecule has 1 aliphatic rings. The molecule has 0 radical (unpaired) electrons. The molecule has 2 rings (SSSR count). The number of carbonyl (C=O) groups excluding carboxylic acids is 1. The maximum Gasteiger partial charge on any atom is 0.289 e. The molecule has 1 fully saturated rings. The van der Waals surface area contributed by atoms with Gasteiger partial charge in [-0.05, 0) is 44.4 Å². The first-order valence-corrected chi connectivity index (χ1v) is 6.86. The lowest BCUT2D eigenvalue weighted by molar-refractivity contribution is 0.0695. The maximum absolute atomic E-state index is 12.4. The van der Waals surface area contributed by atoms with Gasteiger partial charge in [-0.2, -0.15) is 0 Å². The van der Waals surface area contributed by atoms with Gasteiger partial charge < -0.3 is 15.1 Å². The maximum atomic E-state index is 12.4. The molecule has 2 N–H and O–H groups in total. The van der Waals surface area contributed by atoms with E-state index in [0.29, 0.717) is 18.3 Å². The Bertz CT molecular complexity index is 400. The van der Waals surface area contributed by atoms with Gasteiger partial charge in [-0.1, -0.05) is 6.92 Å². The summed E-state index contributed by atoms with van der Waals surface area (Å²) in [5, 5.41) is 0. The molecule has 1 aromatic rings. The molecule has 1 aliphatic heterocycles. The fraction of sp³-hybridized carbons (Fsp3) is 0.643. The van der Waals surface area contributed by atoms with Crippen LogP contribution in [0.2, 0.25) is 0 Å². The van der Waals surface area contributed by atoms with Gasteiger partial charge in [-0.15, -0.1) is 0 Å². The van der Waals surface area contributed by atoms with Crippen LogP contribution in [0.1, 0.15) is 48.9 Å². The van der Waals surface area contributed by atoms with Gasteiger partial charge in [0, 0.05) is 19.0 Å². The van der Waals surface area contributed by atoms with E-state index in [1.54, 1.807) is 6.07 Å². The average molecular weight is 250 g/mol. The van der Waals surface area contributed by atoms with Crippen molar-refractivity contribution in [1.29, 1.82) is 0 Å². The molecule has 2 heterocycles. The SMILES string of the molecule is CCc1ccc(C(=O)N2CCCC2CCCN)o1. The summed E-state index contributed by atoms with van der Waals surface area (Å²) >= 11 is 0. The smallest absolute Gasteiger partial charge is 0.289 e. The summed E-state index contributed by atoms with van der Waals surface area (Å²) in [4.78, 5) is 14.3. The number of carbonyl (C=O) groups is 1. The molecule has 1 atom stereocenters. The van der Waals surface area contributed by atoms with Crippen molar-refractivity contribution in [3.05, 3.63) is 23.7 Å². The van der Waals surface area contributed by atoms with Gasteiger partial charge in [0.2, 0.25) is 0 Å². The summed E-state index contributed by atoms with van der Waals surface area (Å²) in [5.41, 5.74) is 5.54. The molecule has 0 aliphatic carbocycles. The van der Waals surface area contributed by atoms with Crippen LogP contribution < -0.4 is 5.73 Å². The van der Waals surface area contributed by atoms with E-state index in [0.717, 1.165) is 44.4 Å². The highest BCUT2D eigenvalue weighted by atomic mass is 16.4. The number of furan rings is 1. The molecule has 0 spiro atoms. The molecule has 1 unspecified atom stereocenters. The van der Waals surface area contributed by atoms with Crippen LogP contribution in [0.15, 0.2) is 16.5 Å². The summed E-state index contributed by atoms with van der Waals surface area (Å²) in [7, 11) is 0. The lowest BCUT2D eigenvalue weighted by Gasteiger charge is -2.23. The number of rotatable bonds is 5. The first-order valence-electron chi connectivity index (χ1n) is 6.86. The first kappa shape index (κ1) is 13.1. The second kappa shape index (κ2) is 6.05. The second-order valence-corrected chi connectivity index (χ2v) is 4.85. The molecule has 0 aromatic carbocycles. The van der Waals surface area contributed by atoms with E-state index in [4.69, 9.17) is 10.2 Å². The molecule has 0 bridgehead atoms. The standard InChI is InChI=1S/C14H22N2O2/c1-2-12-7-8-13(18-12)14(17)16-10-4-6-11(16)5-3-9-15/h7-8,11H,2-6,9-10,15H2,1H3. The number of amides is 1. The summed E-state index contributed by atoms with van der Waals surface area (Å²) in [5.74, 6) is 1.39. The van der Waals surface area contributed by atoms with E-state index in [1.807, 2.05) is 17.9 Å². The van der Waals surface area contributed by atoms with Crippen LogP contribution in [-0.4, -0.2) is 29.9 Å². The van der Waals surface area contributed by atoms with Crippen LogP contribution in [0, 0.1) is 0 Å². The zero-order valence-electron chi connectivity index (χ0n) is 11.0. The molecule has 1 amide bonds. The molecular formula is C14H22N2O2. The Morgan fingerprint density at radius 1 is 1.56 bits per heavy atom. The Morgan fingerprint density at radius 3 is 3.06 bits per heavy atom. The van der Waals surface area contributed by atoms with Crippen LogP contribution in [0.3, 0.4) is 0 Å².